The van der Waals surface area contributed by atoms with Crippen LogP contribution in [0.5, 0.6) is 11.5 Å². The van der Waals surface area contributed by atoms with Gasteiger partial charge in [0.1, 0.15) is 11.3 Å². The maximum atomic E-state index is 6.53. The standard InChI is InChI=1S/C43H25N7O.Pd/c1-24-8-7-9-25(2)38(24)35-19-18-30-28-16-14-26(22-31(28)41-46-33-10-3-5-12-36(33)49(41)40(30)48-35)51-27-15-17-29-32(23-27)42-47-34-11-4-6-13-37(34)50(42)43-39(29)44-20-21-45-43;/h3-21H,1-2H3;/q-2;+2. The fourth-order valence-electron chi connectivity index (χ4n) is 7.65. The average Bonchev–Trinajstić information content (AvgIpc) is 3.75. The molecule has 11 rings (SSSR count). The first-order chi connectivity index (χ1) is 25.1. The summed E-state index contributed by atoms with van der Waals surface area (Å²) in [6.07, 6.45) is 3.42. The number of aryl methyl sites for hydroxylation is 2. The Bertz CT molecular complexity index is 3260. The Morgan fingerprint density at radius 1 is 0.519 bits per heavy atom. The molecule has 5 aromatic carbocycles. The van der Waals surface area contributed by atoms with Gasteiger partial charge in [0.05, 0.1) is 44.6 Å². The Hall–Kier alpha value is -6.27. The zero-order valence-electron chi connectivity index (χ0n) is 27.8. The third-order valence-corrected chi connectivity index (χ3v) is 9.89. The van der Waals surface area contributed by atoms with Crippen LogP contribution in [0.1, 0.15) is 11.1 Å². The SMILES string of the molecule is Cc1cccc(C)c1-c1ccc2c3ccc(Oc4[c-]c5c(cc4)c4nccnc4n4c6ccccc6nc54)[c-]c3c3nc4ccccc4n3c2n1.[Pd+2]. The summed E-state index contributed by atoms with van der Waals surface area (Å²) in [5.74, 6) is 1.09. The summed E-state index contributed by atoms with van der Waals surface area (Å²) in [5, 5.41) is 4.56. The zero-order valence-corrected chi connectivity index (χ0v) is 29.4. The van der Waals surface area contributed by atoms with E-state index >= 15 is 0 Å². The van der Waals surface area contributed by atoms with E-state index in [1.165, 1.54) is 11.1 Å². The molecule has 0 atom stereocenters. The number of hydrogen-bond acceptors (Lipinski definition) is 6. The molecule has 6 aromatic heterocycles. The minimum atomic E-state index is 0. The molecule has 8 nitrogen and oxygen atoms in total. The second kappa shape index (κ2) is 11.4. The van der Waals surface area contributed by atoms with Gasteiger partial charge in [-0.05, 0) is 60.7 Å². The summed E-state index contributed by atoms with van der Waals surface area (Å²) in [5.41, 5.74) is 12.1. The van der Waals surface area contributed by atoms with Crippen molar-refractivity contribution in [2.75, 3.05) is 0 Å². The molecule has 0 N–H and O–H groups in total. The molecule has 0 aliphatic carbocycles. The van der Waals surface area contributed by atoms with Crippen molar-refractivity contribution in [3.63, 3.8) is 0 Å². The minimum absolute atomic E-state index is 0. The maximum Gasteiger partial charge on any atom is 2.00 e. The number of nitrogens with zero attached hydrogens (tertiary/aromatic N) is 7. The van der Waals surface area contributed by atoms with Crippen molar-refractivity contribution in [2.24, 2.45) is 0 Å². The van der Waals surface area contributed by atoms with Crippen molar-refractivity contribution in [1.29, 1.82) is 0 Å². The second-order valence-electron chi connectivity index (χ2n) is 12.9. The Labute approximate surface area is 310 Å². The molecule has 0 aliphatic rings. The van der Waals surface area contributed by atoms with Gasteiger partial charge in [0, 0.05) is 29.5 Å². The monoisotopic (exact) mass is 761 g/mol. The van der Waals surface area contributed by atoms with E-state index in [0.29, 0.717) is 11.5 Å². The zero-order chi connectivity index (χ0) is 33.8. The largest absolute Gasteiger partial charge is 2.00 e. The van der Waals surface area contributed by atoms with Crippen LogP contribution >= 0.6 is 0 Å². The van der Waals surface area contributed by atoms with E-state index in [4.69, 9.17) is 24.7 Å². The summed E-state index contributed by atoms with van der Waals surface area (Å²) in [6.45, 7) is 4.27. The molecule has 0 saturated carbocycles. The number of fused-ring (bicyclic) bond motifs is 16. The number of aromatic nitrogens is 7. The molecule has 52 heavy (non-hydrogen) atoms. The van der Waals surface area contributed by atoms with Crippen LogP contribution in [0.15, 0.2) is 116 Å². The van der Waals surface area contributed by atoms with Gasteiger partial charge in [-0.25, -0.2) is 9.97 Å². The van der Waals surface area contributed by atoms with E-state index in [-0.39, 0.29) is 20.4 Å². The molecular formula is C43H25N7OPd. The van der Waals surface area contributed by atoms with Gasteiger partial charge < -0.3 is 13.5 Å². The fraction of sp³-hybridized carbons (Fsp3) is 0.0465. The van der Waals surface area contributed by atoms with E-state index in [1.807, 2.05) is 65.1 Å². The Morgan fingerprint density at radius 2 is 1.10 bits per heavy atom. The van der Waals surface area contributed by atoms with Crippen molar-refractivity contribution >= 4 is 77.1 Å². The number of imidazole rings is 2. The molecule has 248 valence electrons. The predicted molar refractivity (Wildman–Crippen MR) is 201 cm³/mol. The number of benzene rings is 5. The normalized spacial score (nSPS) is 11.9. The number of ether oxygens (including phenoxy) is 1. The van der Waals surface area contributed by atoms with Gasteiger partial charge in [-0.2, -0.15) is 0 Å². The van der Waals surface area contributed by atoms with Crippen molar-refractivity contribution in [3.05, 3.63) is 139 Å². The molecule has 0 aliphatic heterocycles. The number of para-hydroxylation sites is 4. The molecule has 0 unspecified atom stereocenters. The van der Waals surface area contributed by atoms with Crippen LogP contribution in [-0.4, -0.2) is 33.7 Å². The summed E-state index contributed by atoms with van der Waals surface area (Å²) in [6, 6.07) is 41.9. The van der Waals surface area contributed by atoms with Gasteiger partial charge in [0.25, 0.3) is 0 Å². The summed E-state index contributed by atoms with van der Waals surface area (Å²) < 4.78 is 10.7. The van der Waals surface area contributed by atoms with Crippen molar-refractivity contribution in [2.45, 2.75) is 13.8 Å². The number of rotatable bonds is 3. The Morgan fingerprint density at radius 3 is 1.79 bits per heavy atom. The van der Waals surface area contributed by atoms with Gasteiger partial charge in [-0.3, -0.25) is 15.0 Å². The quantitative estimate of drug-likeness (QED) is 0.101. The van der Waals surface area contributed by atoms with E-state index in [0.717, 1.165) is 88.4 Å². The third kappa shape index (κ3) is 4.33. The maximum absolute atomic E-state index is 6.53. The molecule has 0 fully saturated rings. The van der Waals surface area contributed by atoms with Gasteiger partial charge in [-0.1, -0.05) is 94.3 Å². The van der Waals surface area contributed by atoms with Crippen LogP contribution in [0.25, 0.3) is 88.4 Å². The van der Waals surface area contributed by atoms with Gasteiger partial charge in [-0.15, -0.1) is 12.1 Å². The van der Waals surface area contributed by atoms with E-state index < -0.39 is 0 Å². The van der Waals surface area contributed by atoms with Crippen LogP contribution in [0, 0.1) is 26.0 Å². The number of hydrogen-bond donors (Lipinski definition) is 0. The molecular weight excluding hydrogens is 737 g/mol. The van der Waals surface area contributed by atoms with E-state index in [2.05, 4.69) is 77.8 Å². The molecule has 11 aromatic rings. The first kappa shape index (κ1) is 30.5. The first-order valence-corrected chi connectivity index (χ1v) is 16.8. The van der Waals surface area contributed by atoms with E-state index in [9.17, 15) is 0 Å². The summed E-state index contributed by atoms with van der Waals surface area (Å²) in [4.78, 5) is 24.8. The summed E-state index contributed by atoms with van der Waals surface area (Å²) in [7, 11) is 0. The Kier molecular flexibility index (Phi) is 6.68. The topological polar surface area (TPSA) is 82.5 Å². The molecule has 0 bridgehead atoms. The predicted octanol–water partition coefficient (Wildman–Crippen LogP) is 9.76. The molecule has 0 spiro atoms. The molecule has 0 radical (unpaired) electrons. The van der Waals surface area contributed by atoms with E-state index in [1.54, 1.807) is 12.4 Å². The van der Waals surface area contributed by atoms with Gasteiger partial charge in [0.2, 0.25) is 0 Å². The van der Waals surface area contributed by atoms with Crippen LogP contribution in [0.4, 0.5) is 0 Å². The molecule has 9 heteroatoms. The van der Waals surface area contributed by atoms with Crippen molar-refractivity contribution in [3.8, 4) is 22.8 Å². The van der Waals surface area contributed by atoms with Crippen molar-refractivity contribution in [1.82, 2.24) is 33.7 Å². The van der Waals surface area contributed by atoms with Gasteiger partial charge in [0.15, 0.2) is 0 Å². The smallest absolute Gasteiger partial charge is 0.497 e. The first-order valence-electron chi connectivity index (χ1n) is 16.8. The molecule has 6 heterocycles. The van der Waals surface area contributed by atoms with Crippen LogP contribution < -0.4 is 4.74 Å². The molecule has 0 saturated heterocycles. The van der Waals surface area contributed by atoms with Gasteiger partial charge >= 0.3 is 20.4 Å². The van der Waals surface area contributed by atoms with Crippen molar-refractivity contribution < 1.29 is 25.2 Å². The minimum Gasteiger partial charge on any atom is -0.497 e. The van der Waals surface area contributed by atoms with Crippen LogP contribution in [0.2, 0.25) is 0 Å². The van der Waals surface area contributed by atoms with Crippen LogP contribution in [0.3, 0.4) is 0 Å². The Balaban J connectivity index is 0.00000338. The summed E-state index contributed by atoms with van der Waals surface area (Å²) >= 11 is 0. The number of pyridine rings is 3. The average molecular weight is 762 g/mol. The fourth-order valence-corrected chi connectivity index (χ4v) is 7.65. The molecule has 0 amide bonds. The second-order valence-corrected chi connectivity index (χ2v) is 12.9. The van der Waals surface area contributed by atoms with Crippen LogP contribution in [-0.2, 0) is 20.4 Å². The third-order valence-electron chi connectivity index (χ3n) is 9.89.